The number of ketones is 1. The Morgan fingerprint density at radius 1 is 1.08 bits per heavy atom. The normalized spacial score (nSPS) is 12.1. The molecule has 0 amide bonds. The van der Waals surface area contributed by atoms with E-state index >= 15 is 0 Å². The third-order valence-electron chi connectivity index (χ3n) is 3.70. The van der Waals surface area contributed by atoms with Gasteiger partial charge >= 0.3 is 0 Å². The minimum atomic E-state index is -0.0741. The highest BCUT2D eigenvalue weighted by Gasteiger charge is 2.21. The van der Waals surface area contributed by atoms with Crippen LogP contribution >= 0.6 is 23.4 Å². The van der Waals surface area contributed by atoms with Gasteiger partial charge in [0.05, 0.1) is 11.5 Å². The van der Waals surface area contributed by atoms with Crippen LogP contribution < -0.4 is 0 Å². The van der Waals surface area contributed by atoms with E-state index in [0.717, 1.165) is 21.8 Å². The maximum Gasteiger partial charge on any atom is 0.164 e. The molecule has 0 fully saturated rings. The maximum atomic E-state index is 12.6. The van der Waals surface area contributed by atoms with Crippen LogP contribution in [0.3, 0.4) is 0 Å². The zero-order chi connectivity index (χ0) is 16.9. The van der Waals surface area contributed by atoms with Crippen molar-refractivity contribution in [3.8, 4) is 0 Å². The third-order valence-corrected chi connectivity index (χ3v) is 5.18. The molecule has 0 saturated heterocycles. The van der Waals surface area contributed by atoms with Gasteiger partial charge in [-0.05, 0) is 43.3 Å². The lowest BCUT2D eigenvalue weighted by Gasteiger charge is -2.14. The van der Waals surface area contributed by atoms with Gasteiger partial charge in [-0.2, -0.15) is 0 Å². The molecular weight excluding hydrogens is 340 g/mol. The van der Waals surface area contributed by atoms with E-state index in [-0.39, 0.29) is 11.0 Å². The van der Waals surface area contributed by atoms with E-state index in [1.165, 1.54) is 0 Å². The summed E-state index contributed by atoms with van der Waals surface area (Å²) in [6.45, 7) is 2.01. The van der Waals surface area contributed by atoms with E-state index in [1.807, 2.05) is 67.6 Å². The molecule has 24 heavy (non-hydrogen) atoms. The summed E-state index contributed by atoms with van der Waals surface area (Å²) in [5.41, 5.74) is 1.87. The number of benzene rings is 2. The highest BCUT2D eigenvalue weighted by atomic mass is 35.5. The van der Waals surface area contributed by atoms with Crippen LogP contribution in [0.5, 0.6) is 0 Å². The fourth-order valence-electron chi connectivity index (χ4n) is 2.38. The zero-order valence-electron chi connectivity index (χ0n) is 13.2. The van der Waals surface area contributed by atoms with Gasteiger partial charge in [0.1, 0.15) is 5.76 Å². The smallest absolute Gasteiger partial charge is 0.164 e. The summed E-state index contributed by atoms with van der Waals surface area (Å²) in [7, 11) is 0. The summed E-state index contributed by atoms with van der Waals surface area (Å²) in [5.74, 6) is 0.910. The predicted octanol–water partition coefficient (Wildman–Crippen LogP) is 6.35. The average molecular weight is 357 g/mol. The molecule has 0 aliphatic heterocycles. The van der Waals surface area contributed by atoms with Crippen LogP contribution in [0.4, 0.5) is 0 Å². The number of halogens is 1. The first-order valence-electron chi connectivity index (χ1n) is 7.67. The lowest BCUT2D eigenvalue weighted by atomic mass is 10.0. The van der Waals surface area contributed by atoms with Gasteiger partial charge in [0.25, 0.3) is 0 Å². The third kappa shape index (κ3) is 4.31. The molecule has 1 aromatic heterocycles. The fraction of sp³-hybridized carbons (Fsp3) is 0.150. The summed E-state index contributed by atoms with van der Waals surface area (Å²) in [4.78, 5) is 13.7. The maximum absolute atomic E-state index is 12.6. The van der Waals surface area contributed by atoms with E-state index in [2.05, 4.69) is 0 Å². The summed E-state index contributed by atoms with van der Waals surface area (Å²) in [5, 5.41) is 0.625. The molecule has 2 nitrogen and oxygen atoms in total. The molecule has 3 aromatic rings. The fourth-order valence-corrected chi connectivity index (χ4v) is 3.61. The first kappa shape index (κ1) is 16.9. The summed E-state index contributed by atoms with van der Waals surface area (Å²) in [6, 6.07) is 19.1. The molecule has 122 valence electrons. The Kier molecular flexibility index (Phi) is 5.44. The quantitative estimate of drug-likeness (QED) is 0.381. The van der Waals surface area contributed by atoms with Gasteiger partial charge < -0.3 is 4.42 Å². The molecule has 0 bridgehead atoms. The molecule has 0 saturated carbocycles. The van der Waals surface area contributed by atoms with Gasteiger partial charge in [0.15, 0.2) is 5.78 Å². The molecule has 0 aliphatic carbocycles. The van der Waals surface area contributed by atoms with E-state index < -0.39 is 0 Å². The van der Waals surface area contributed by atoms with E-state index in [1.54, 1.807) is 18.0 Å². The number of thioether (sulfide) groups is 1. The number of hydrogen-bond acceptors (Lipinski definition) is 3. The lowest BCUT2D eigenvalue weighted by Crippen LogP contribution is -2.05. The van der Waals surface area contributed by atoms with Gasteiger partial charge in [-0.3, -0.25) is 4.79 Å². The molecule has 0 unspecified atom stereocenters. The minimum Gasteiger partial charge on any atom is -0.468 e. The van der Waals surface area contributed by atoms with Crippen LogP contribution in [0.15, 0.2) is 76.2 Å². The van der Waals surface area contributed by atoms with Crippen molar-refractivity contribution in [2.24, 2.45) is 0 Å². The first-order valence-corrected chi connectivity index (χ1v) is 8.93. The molecular formula is C20H17ClO2S. The summed E-state index contributed by atoms with van der Waals surface area (Å²) in [6.07, 6.45) is 2.02. The standard InChI is InChI=1S/C20H17ClO2S/c1-14-4-6-15(7-5-14)18(22)13-20(19-3-2-12-23-19)24-17-10-8-16(21)9-11-17/h2-12,20H,13H2,1H3/t20-/m1/s1. The Morgan fingerprint density at radius 2 is 1.79 bits per heavy atom. The Hall–Kier alpha value is -1.97. The predicted molar refractivity (Wildman–Crippen MR) is 98.9 cm³/mol. The van der Waals surface area contributed by atoms with E-state index in [4.69, 9.17) is 16.0 Å². The first-order chi connectivity index (χ1) is 11.6. The highest BCUT2D eigenvalue weighted by Crippen LogP contribution is 2.39. The largest absolute Gasteiger partial charge is 0.468 e. The van der Waals surface area contributed by atoms with Gasteiger partial charge in [0, 0.05) is 21.9 Å². The van der Waals surface area contributed by atoms with E-state index in [9.17, 15) is 4.79 Å². The van der Waals surface area contributed by atoms with Crippen molar-refractivity contribution in [3.05, 3.63) is 88.8 Å². The van der Waals surface area contributed by atoms with Gasteiger partial charge in [-0.25, -0.2) is 0 Å². The Balaban J connectivity index is 1.79. The van der Waals surface area contributed by atoms with Crippen molar-refractivity contribution < 1.29 is 9.21 Å². The number of aryl methyl sites for hydroxylation is 1. The van der Waals surface area contributed by atoms with Crippen LogP contribution in [0.25, 0.3) is 0 Å². The highest BCUT2D eigenvalue weighted by molar-refractivity contribution is 7.99. The van der Waals surface area contributed by atoms with Crippen molar-refractivity contribution in [2.75, 3.05) is 0 Å². The van der Waals surface area contributed by atoms with Crippen LogP contribution in [-0.2, 0) is 0 Å². The number of rotatable bonds is 6. The molecule has 1 atom stereocenters. The minimum absolute atomic E-state index is 0.0741. The number of furan rings is 1. The van der Waals surface area contributed by atoms with E-state index in [0.29, 0.717) is 11.4 Å². The Morgan fingerprint density at radius 3 is 2.42 bits per heavy atom. The van der Waals surface area contributed by atoms with Crippen LogP contribution in [0.1, 0.15) is 33.4 Å². The SMILES string of the molecule is Cc1ccc(C(=O)C[C@@H](Sc2ccc(Cl)cc2)c2ccco2)cc1. The van der Waals surface area contributed by atoms with Gasteiger partial charge in [-0.15, -0.1) is 11.8 Å². The number of hydrogen-bond donors (Lipinski definition) is 0. The molecule has 0 N–H and O–H groups in total. The molecule has 0 radical (unpaired) electrons. The second kappa shape index (κ2) is 7.73. The van der Waals surface area contributed by atoms with Crippen LogP contribution in [-0.4, -0.2) is 5.78 Å². The second-order valence-corrected chi connectivity index (χ2v) is 7.28. The average Bonchev–Trinajstić information content (AvgIpc) is 3.11. The van der Waals surface area contributed by atoms with Crippen LogP contribution in [0.2, 0.25) is 5.02 Å². The van der Waals surface area contributed by atoms with Crippen molar-refractivity contribution in [1.29, 1.82) is 0 Å². The summed E-state index contributed by atoms with van der Waals surface area (Å²) < 4.78 is 5.55. The summed E-state index contributed by atoms with van der Waals surface area (Å²) >= 11 is 7.55. The molecule has 0 spiro atoms. The topological polar surface area (TPSA) is 30.2 Å². The molecule has 1 heterocycles. The number of carbonyl (C=O) groups is 1. The van der Waals surface area contributed by atoms with Gasteiger partial charge in [0.2, 0.25) is 0 Å². The van der Waals surface area contributed by atoms with Crippen molar-refractivity contribution in [3.63, 3.8) is 0 Å². The molecule has 0 aliphatic rings. The van der Waals surface area contributed by atoms with Crippen LogP contribution in [0, 0.1) is 6.92 Å². The molecule has 4 heteroatoms. The van der Waals surface area contributed by atoms with Crippen molar-refractivity contribution in [2.45, 2.75) is 23.5 Å². The Labute approximate surface area is 150 Å². The van der Waals surface area contributed by atoms with Gasteiger partial charge in [-0.1, -0.05) is 41.4 Å². The second-order valence-electron chi connectivity index (χ2n) is 5.57. The van der Waals surface area contributed by atoms with Crippen molar-refractivity contribution in [1.82, 2.24) is 0 Å². The number of Topliss-reactive ketones (excluding diaryl/α,β-unsaturated/α-hetero) is 1. The number of carbonyl (C=O) groups excluding carboxylic acids is 1. The monoisotopic (exact) mass is 356 g/mol. The molecule has 3 rings (SSSR count). The molecule has 2 aromatic carbocycles. The lowest BCUT2D eigenvalue weighted by molar-refractivity contribution is 0.0980. The van der Waals surface area contributed by atoms with Crippen molar-refractivity contribution >= 4 is 29.1 Å². The zero-order valence-corrected chi connectivity index (χ0v) is 14.8. The Bertz CT molecular complexity index is 793.